The molecular formula is C27H21F2N7O. The van der Waals surface area contributed by atoms with Gasteiger partial charge in [-0.2, -0.15) is 5.10 Å². The Morgan fingerprint density at radius 1 is 1.00 bits per heavy atom. The maximum atomic E-state index is 16.0. The van der Waals surface area contributed by atoms with Crippen molar-refractivity contribution in [3.63, 3.8) is 0 Å². The van der Waals surface area contributed by atoms with Crippen LogP contribution < -0.4 is 5.32 Å². The summed E-state index contributed by atoms with van der Waals surface area (Å²) in [6.45, 7) is 1.85. The van der Waals surface area contributed by atoms with Gasteiger partial charge in [-0.05, 0) is 48.4 Å². The van der Waals surface area contributed by atoms with Gasteiger partial charge in [-0.1, -0.05) is 19.1 Å². The standard InChI is InChI=1S/C27H21F2N7O/c1-2-21(37)32-17-11-15(12-30-13-17)18-7-8-20-22(23(18)29)25(36-35-20)27-33-24-19(9-10-31-26(24)34-27)14-3-5-16(28)6-4-14/h3-13,21,32,37H,2H2,1H3,(H,35,36)(H,31,33,34). The minimum atomic E-state index is -0.730. The molecule has 0 aliphatic carbocycles. The van der Waals surface area contributed by atoms with Crippen molar-refractivity contribution in [1.29, 1.82) is 0 Å². The van der Waals surface area contributed by atoms with Gasteiger partial charge in [-0.15, -0.1) is 0 Å². The van der Waals surface area contributed by atoms with E-state index in [2.05, 4.69) is 35.5 Å². The lowest BCUT2D eigenvalue weighted by Gasteiger charge is -2.13. The number of benzene rings is 2. The van der Waals surface area contributed by atoms with E-state index in [4.69, 9.17) is 0 Å². The molecule has 184 valence electrons. The van der Waals surface area contributed by atoms with E-state index in [9.17, 15) is 9.50 Å². The van der Waals surface area contributed by atoms with Gasteiger partial charge in [0.15, 0.2) is 11.5 Å². The summed E-state index contributed by atoms with van der Waals surface area (Å²) in [5.41, 5.74) is 4.91. The monoisotopic (exact) mass is 497 g/mol. The van der Waals surface area contributed by atoms with Crippen LogP contribution in [-0.4, -0.2) is 41.5 Å². The van der Waals surface area contributed by atoms with Crippen LogP contribution in [0, 0.1) is 11.6 Å². The maximum Gasteiger partial charge on any atom is 0.178 e. The first-order chi connectivity index (χ1) is 18.0. The van der Waals surface area contributed by atoms with Crippen LogP contribution in [0.5, 0.6) is 0 Å². The zero-order valence-corrected chi connectivity index (χ0v) is 19.6. The topological polar surface area (TPSA) is 115 Å². The summed E-state index contributed by atoms with van der Waals surface area (Å²) in [4.78, 5) is 16.3. The molecule has 0 amide bonds. The molecule has 0 fully saturated rings. The summed E-state index contributed by atoms with van der Waals surface area (Å²) in [7, 11) is 0. The number of hydrogen-bond acceptors (Lipinski definition) is 6. The average Bonchev–Trinajstić information content (AvgIpc) is 3.54. The fourth-order valence-corrected chi connectivity index (χ4v) is 4.32. The van der Waals surface area contributed by atoms with Crippen LogP contribution in [0.4, 0.5) is 14.5 Å². The van der Waals surface area contributed by atoms with Crippen molar-refractivity contribution < 1.29 is 13.9 Å². The van der Waals surface area contributed by atoms with Gasteiger partial charge >= 0.3 is 0 Å². The second-order valence-electron chi connectivity index (χ2n) is 8.60. The number of nitrogens with zero attached hydrogens (tertiary/aromatic N) is 4. The number of aliphatic hydroxyl groups is 1. The third-order valence-electron chi connectivity index (χ3n) is 6.21. The minimum absolute atomic E-state index is 0.270. The van der Waals surface area contributed by atoms with Gasteiger partial charge in [-0.3, -0.25) is 10.1 Å². The van der Waals surface area contributed by atoms with Gasteiger partial charge in [0, 0.05) is 29.1 Å². The summed E-state index contributed by atoms with van der Waals surface area (Å²) in [5, 5.41) is 20.3. The Labute approximate surface area is 209 Å². The van der Waals surface area contributed by atoms with Crippen molar-refractivity contribution in [1.82, 2.24) is 30.1 Å². The largest absolute Gasteiger partial charge is 0.374 e. The number of aromatic amines is 2. The summed E-state index contributed by atoms with van der Waals surface area (Å²) >= 11 is 0. The fourth-order valence-electron chi connectivity index (χ4n) is 4.32. The minimum Gasteiger partial charge on any atom is -0.374 e. The molecule has 0 bridgehead atoms. The number of imidazole rings is 1. The molecule has 10 heteroatoms. The molecule has 1 unspecified atom stereocenters. The van der Waals surface area contributed by atoms with E-state index < -0.39 is 12.0 Å². The highest BCUT2D eigenvalue weighted by Gasteiger charge is 2.21. The number of pyridine rings is 2. The zero-order valence-electron chi connectivity index (χ0n) is 19.6. The van der Waals surface area contributed by atoms with E-state index in [1.54, 1.807) is 48.9 Å². The highest BCUT2D eigenvalue weighted by Crippen LogP contribution is 2.35. The second kappa shape index (κ2) is 9.07. The summed E-state index contributed by atoms with van der Waals surface area (Å²) < 4.78 is 29.4. The van der Waals surface area contributed by atoms with Gasteiger partial charge in [0.05, 0.1) is 28.3 Å². The van der Waals surface area contributed by atoms with Gasteiger partial charge < -0.3 is 15.4 Å². The maximum absolute atomic E-state index is 16.0. The van der Waals surface area contributed by atoms with Crippen LogP contribution in [0.3, 0.4) is 0 Å². The molecule has 4 aromatic heterocycles. The molecule has 6 rings (SSSR count). The Kier molecular flexibility index (Phi) is 5.57. The third-order valence-corrected chi connectivity index (χ3v) is 6.21. The molecule has 0 saturated heterocycles. The number of halogens is 2. The molecule has 0 aliphatic rings. The molecule has 1 atom stereocenters. The van der Waals surface area contributed by atoms with E-state index in [0.717, 1.165) is 11.1 Å². The fraction of sp³-hybridized carbons (Fsp3) is 0.111. The van der Waals surface area contributed by atoms with Gasteiger partial charge in [0.1, 0.15) is 23.6 Å². The smallest absolute Gasteiger partial charge is 0.178 e. The molecule has 0 radical (unpaired) electrons. The molecule has 0 saturated carbocycles. The third kappa shape index (κ3) is 4.07. The summed E-state index contributed by atoms with van der Waals surface area (Å²) in [5.74, 6) is -0.464. The highest BCUT2D eigenvalue weighted by molar-refractivity contribution is 5.98. The molecule has 8 nitrogen and oxygen atoms in total. The summed E-state index contributed by atoms with van der Waals surface area (Å²) in [6, 6.07) is 13.1. The molecular weight excluding hydrogens is 476 g/mol. The van der Waals surface area contributed by atoms with Crippen LogP contribution in [0.25, 0.3) is 55.8 Å². The number of fused-ring (bicyclic) bond motifs is 2. The predicted octanol–water partition coefficient (Wildman–Crippen LogP) is 5.65. The first-order valence-corrected chi connectivity index (χ1v) is 11.7. The lowest BCUT2D eigenvalue weighted by atomic mass is 10.0. The Morgan fingerprint density at radius 3 is 2.65 bits per heavy atom. The van der Waals surface area contributed by atoms with Crippen molar-refractivity contribution >= 4 is 27.8 Å². The first kappa shape index (κ1) is 22.7. The van der Waals surface area contributed by atoms with Crippen molar-refractivity contribution in [2.24, 2.45) is 0 Å². The van der Waals surface area contributed by atoms with E-state index in [1.165, 1.54) is 12.1 Å². The number of aromatic nitrogens is 6. The predicted molar refractivity (Wildman–Crippen MR) is 137 cm³/mol. The van der Waals surface area contributed by atoms with Crippen LogP contribution in [0.15, 0.2) is 67.1 Å². The summed E-state index contributed by atoms with van der Waals surface area (Å²) in [6.07, 6.45) is 4.54. The number of anilines is 1. The normalized spacial score (nSPS) is 12.3. The van der Waals surface area contributed by atoms with Crippen molar-refractivity contribution in [2.75, 3.05) is 5.32 Å². The molecule has 37 heavy (non-hydrogen) atoms. The van der Waals surface area contributed by atoms with E-state index in [-0.39, 0.29) is 11.2 Å². The number of hydrogen-bond donors (Lipinski definition) is 4. The molecule has 0 aliphatic heterocycles. The van der Waals surface area contributed by atoms with Crippen molar-refractivity contribution in [3.8, 4) is 33.8 Å². The van der Waals surface area contributed by atoms with Crippen molar-refractivity contribution in [2.45, 2.75) is 19.6 Å². The van der Waals surface area contributed by atoms with Gasteiger partial charge in [0.2, 0.25) is 0 Å². The highest BCUT2D eigenvalue weighted by atomic mass is 19.1. The average molecular weight is 498 g/mol. The SMILES string of the molecule is CCC(O)Nc1cncc(-c2ccc3[nH]nc(-c4nc5nccc(-c6ccc(F)cc6)c5[nH]4)c3c2F)c1. The quantitative estimate of drug-likeness (QED) is 0.221. The molecule has 2 aromatic carbocycles. The number of nitrogens with one attached hydrogen (secondary N) is 3. The van der Waals surface area contributed by atoms with Crippen LogP contribution in [-0.2, 0) is 0 Å². The Hall–Kier alpha value is -4.70. The van der Waals surface area contributed by atoms with E-state index in [0.29, 0.717) is 51.4 Å². The Morgan fingerprint density at radius 2 is 1.84 bits per heavy atom. The Balaban J connectivity index is 1.46. The number of aliphatic hydroxyl groups excluding tert-OH is 1. The molecule has 0 spiro atoms. The Bertz CT molecular complexity index is 1740. The lowest BCUT2D eigenvalue weighted by molar-refractivity contribution is 0.199. The molecule has 4 N–H and O–H groups in total. The van der Waals surface area contributed by atoms with E-state index in [1.807, 2.05) is 13.0 Å². The number of rotatable bonds is 6. The second-order valence-corrected chi connectivity index (χ2v) is 8.60. The van der Waals surface area contributed by atoms with E-state index >= 15 is 4.39 Å². The van der Waals surface area contributed by atoms with Gasteiger partial charge in [0.25, 0.3) is 0 Å². The number of H-pyrrole nitrogens is 2. The lowest BCUT2D eigenvalue weighted by Crippen LogP contribution is -2.17. The van der Waals surface area contributed by atoms with Crippen LogP contribution in [0.1, 0.15) is 13.3 Å². The molecule has 6 aromatic rings. The van der Waals surface area contributed by atoms with Crippen LogP contribution in [0.2, 0.25) is 0 Å². The van der Waals surface area contributed by atoms with Crippen molar-refractivity contribution in [3.05, 3.63) is 78.8 Å². The molecule has 4 heterocycles. The van der Waals surface area contributed by atoms with Crippen LogP contribution >= 0.6 is 0 Å². The zero-order chi connectivity index (χ0) is 25.5. The van der Waals surface area contributed by atoms with Gasteiger partial charge in [-0.25, -0.2) is 18.7 Å². The first-order valence-electron chi connectivity index (χ1n) is 11.7.